The molecule has 0 bridgehead atoms. The summed E-state index contributed by atoms with van der Waals surface area (Å²) in [5, 5.41) is 0. The van der Waals surface area contributed by atoms with Gasteiger partial charge in [-0.05, 0) is 37.1 Å². The topological polar surface area (TPSA) is 46.1 Å². The van der Waals surface area contributed by atoms with Gasteiger partial charge in [0.05, 0.1) is 11.3 Å². The predicted octanol–water partition coefficient (Wildman–Crippen LogP) is 2.38. The van der Waals surface area contributed by atoms with Crippen LogP contribution in [0.15, 0.2) is 42.9 Å². The summed E-state index contributed by atoms with van der Waals surface area (Å²) in [6.07, 6.45) is 7.34. The maximum Gasteiger partial charge on any atom is 0.256 e. The van der Waals surface area contributed by atoms with Crippen molar-refractivity contribution in [2.24, 2.45) is 0 Å². The molecular weight excluding hydrogens is 238 g/mol. The number of aromatic nitrogens is 2. The minimum absolute atomic E-state index is 0.0809. The van der Waals surface area contributed by atoms with E-state index in [1.165, 1.54) is 0 Å². The van der Waals surface area contributed by atoms with Crippen LogP contribution in [0.4, 0.5) is 0 Å². The summed E-state index contributed by atoms with van der Waals surface area (Å²) in [5.41, 5.74) is 2.34. The zero-order chi connectivity index (χ0) is 13.1. The van der Waals surface area contributed by atoms with E-state index in [9.17, 15) is 4.79 Å². The van der Waals surface area contributed by atoms with Gasteiger partial charge in [-0.1, -0.05) is 0 Å². The standard InChI is InChI=1S/C15H15N3O/c19-15(18-10-1-2-11-18)13-4-3-7-17-14(13)12-5-8-16-9-6-12/h3-9H,1-2,10-11H2. The molecule has 19 heavy (non-hydrogen) atoms. The van der Waals surface area contributed by atoms with Crippen LogP contribution in [0, 0.1) is 0 Å². The number of hydrogen-bond acceptors (Lipinski definition) is 3. The summed E-state index contributed by atoms with van der Waals surface area (Å²) in [7, 11) is 0. The summed E-state index contributed by atoms with van der Waals surface area (Å²) in [6.45, 7) is 1.70. The summed E-state index contributed by atoms with van der Waals surface area (Å²) in [6, 6.07) is 7.42. The van der Waals surface area contributed by atoms with Gasteiger partial charge in [0.25, 0.3) is 5.91 Å². The van der Waals surface area contributed by atoms with Crippen molar-refractivity contribution in [2.75, 3.05) is 13.1 Å². The number of rotatable bonds is 2. The van der Waals surface area contributed by atoms with E-state index < -0.39 is 0 Å². The molecular formula is C15H15N3O. The molecule has 0 spiro atoms. The van der Waals surface area contributed by atoms with E-state index in [1.54, 1.807) is 18.6 Å². The predicted molar refractivity (Wildman–Crippen MR) is 72.6 cm³/mol. The molecule has 0 radical (unpaired) electrons. The molecule has 0 aromatic carbocycles. The smallest absolute Gasteiger partial charge is 0.256 e. The van der Waals surface area contributed by atoms with Crippen LogP contribution in [0.2, 0.25) is 0 Å². The number of carbonyl (C=O) groups is 1. The maximum absolute atomic E-state index is 12.5. The summed E-state index contributed by atoms with van der Waals surface area (Å²) in [5.74, 6) is 0.0809. The SMILES string of the molecule is O=C(c1cccnc1-c1ccncc1)N1CCCC1. The zero-order valence-corrected chi connectivity index (χ0v) is 10.6. The van der Waals surface area contributed by atoms with E-state index in [0.717, 1.165) is 37.2 Å². The lowest BCUT2D eigenvalue weighted by Crippen LogP contribution is -2.28. The quantitative estimate of drug-likeness (QED) is 0.825. The van der Waals surface area contributed by atoms with Crippen LogP contribution < -0.4 is 0 Å². The van der Waals surface area contributed by atoms with Crippen LogP contribution in [-0.2, 0) is 0 Å². The first-order valence-electron chi connectivity index (χ1n) is 6.51. The Hall–Kier alpha value is -2.23. The van der Waals surface area contributed by atoms with Gasteiger partial charge in [-0.15, -0.1) is 0 Å². The Morgan fingerprint density at radius 1 is 1.05 bits per heavy atom. The summed E-state index contributed by atoms with van der Waals surface area (Å²) >= 11 is 0. The number of carbonyl (C=O) groups excluding carboxylic acids is 1. The lowest BCUT2D eigenvalue weighted by Gasteiger charge is -2.17. The van der Waals surface area contributed by atoms with E-state index in [4.69, 9.17) is 0 Å². The Morgan fingerprint density at radius 2 is 1.79 bits per heavy atom. The first kappa shape index (κ1) is 11.8. The second-order valence-corrected chi connectivity index (χ2v) is 4.63. The highest BCUT2D eigenvalue weighted by Crippen LogP contribution is 2.23. The Balaban J connectivity index is 2.00. The summed E-state index contributed by atoms with van der Waals surface area (Å²) in [4.78, 5) is 22.8. The van der Waals surface area contributed by atoms with Gasteiger partial charge in [-0.3, -0.25) is 14.8 Å². The lowest BCUT2D eigenvalue weighted by molar-refractivity contribution is 0.0793. The number of amides is 1. The molecule has 2 aromatic heterocycles. The molecule has 0 N–H and O–H groups in total. The van der Waals surface area contributed by atoms with Gasteiger partial charge in [0.15, 0.2) is 0 Å². The third-order valence-corrected chi connectivity index (χ3v) is 3.39. The van der Waals surface area contributed by atoms with Crippen molar-refractivity contribution < 1.29 is 4.79 Å². The van der Waals surface area contributed by atoms with Crippen molar-refractivity contribution in [1.29, 1.82) is 0 Å². The van der Waals surface area contributed by atoms with E-state index in [-0.39, 0.29) is 5.91 Å². The van der Waals surface area contributed by atoms with Gasteiger partial charge in [-0.25, -0.2) is 0 Å². The number of likely N-dealkylation sites (tertiary alicyclic amines) is 1. The number of hydrogen-bond donors (Lipinski definition) is 0. The van der Waals surface area contributed by atoms with Crippen molar-refractivity contribution in [3.05, 3.63) is 48.4 Å². The first-order valence-corrected chi connectivity index (χ1v) is 6.51. The fourth-order valence-corrected chi connectivity index (χ4v) is 2.41. The molecule has 0 unspecified atom stereocenters. The Labute approximate surface area is 112 Å². The van der Waals surface area contributed by atoms with Crippen LogP contribution in [0.25, 0.3) is 11.3 Å². The summed E-state index contributed by atoms with van der Waals surface area (Å²) < 4.78 is 0. The van der Waals surface area contributed by atoms with Gasteiger partial charge in [0, 0.05) is 37.2 Å². The average molecular weight is 253 g/mol. The van der Waals surface area contributed by atoms with Gasteiger partial charge >= 0.3 is 0 Å². The third-order valence-electron chi connectivity index (χ3n) is 3.39. The van der Waals surface area contributed by atoms with Crippen molar-refractivity contribution in [3.8, 4) is 11.3 Å². The first-order chi connectivity index (χ1) is 9.36. The zero-order valence-electron chi connectivity index (χ0n) is 10.6. The van der Waals surface area contributed by atoms with E-state index in [1.807, 2.05) is 29.2 Å². The Bertz CT molecular complexity index is 577. The lowest BCUT2D eigenvalue weighted by atomic mass is 10.1. The van der Waals surface area contributed by atoms with Gasteiger partial charge < -0.3 is 4.90 Å². The van der Waals surface area contributed by atoms with Crippen molar-refractivity contribution >= 4 is 5.91 Å². The molecule has 4 nitrogen and oxygen atoms in total. The molecule has 4 heteroatoms. The number of pyridine rings is 2. The number of nitrogens with zero attached hydrogens (tertiary/aromatic N) is 3. The molecule has 0 atom stereocenters. The minimum Gasteiger partial charge on any atom is -0.339 e. The van der Waals surface area contributed by atoms with Gasteiger partial charge in [0.1, 0.15) is 0 Å². The van der Waals surface area contributed by atoms with Crippen LogP contribution in [0.3, 0.4) is 0 Å². The Morgan fingerprint density at radius 3 is 2.53 bits per heavy atom. The molecule has 1 aliphatic heterocycles. The fourth-order valence-electron chi connectivity index (χ4n) is 2.41. The highest BCUT2D eigenvalue weighted by molar-refractivity contribution is 5.99. The largest absolute Gasteiger partial charge is 0.339 e. The van der Waals surface area contributed by atoms with E-state index >= 15 is 0 Å². The van der Waals surface area contributed by atoms with Crippen LogP contribution >= 0.6 is 0 Å². The fraction of sp³-hybridized carbons (Fsp3) is 0.267. The van der Waals surface area contributed by atoms with Crippen LogP contribution in [0.5, 0.6) is 0 Å². The molecule has 0 saturated carbocycles. The molecule has 3 heterocycles. The van der Waals surface area contributed by atoms with Crippen LogP contribution in [-0.4, -0.2) is 33.9 Å². The van der Waals surface area contributed by atoms with Crippen molar-refractivity contribution in [3.63, 3.8) is 0 Å². The minimum atomic E-state index is 0.0809. The van der Waals surface area contributed by atoms with Crippen molar-refractivity contribution in [1.82, 2.24) is 14.9 Å². The molecule has 3 rings (SSSR count). The normalized spacial score (nSPS) is 14.6. The van der Waals surface area contributed by atoms with Crippen molar-refractivity contribution in [2.45, 2.75) is 12.8 Å². The molecule has 2 aromatic rings. The second kappa shape index (κ2) is 5.18. The highest BCUT2D eigenvalue weighted by atomic mass is 16.2. The maximum atomic E-state index is 12.5. The monoisotopic (exact) mass is 253 g/mol. The molecule has 96 valence electrons. The Kier molecular flexibility index (Phi) is 3.23. The second-order valence-electron chi connectivity index (χ2n) is 4.63. The molecule has 0 aliphatic carbocycles. The average Bonchev–Trinajstić information content (AvgIpc) is 3.02. The van der Waals surface area contributed by atoms with Crippen LogP contribution in [0.1, 0.15) is 23.2 Å². The van der Waals surface area contributed by atoms with E-state index in [0.29, 0.717) is 5.56 Å². The van der Waals surface area contributed by atoms with E-state index in [2.05, 4.69) is 9.97 Å². The third kappa shape index (κ3) is 2.34. The molecule has 1 aliphatic rings. The molecule has 1 saturated heterocycles. The van der Waals surface area contributed by atoms with Gasteiger partial charge in [-0.2, -0.15) is 0 Å². The molecule has 1 amide bonds. The van der Waals surface area contributed by atoms with Gasteiger partial charge in [0.2, 0.25) is 0 Å². The molecule has 1 fully saturated rings. The highest BCUT2D eigenvalue weighted by Gasteiger charge is 2.22.